The van der Waals surface area contributed by atoms with Crippen LogP contribution in [0.25, 0.3) is 0 Å². The zero-order valence-corrected chi connectivity index (χ0v) is 13.2. The molecule has 0 aromatic heterocycles. The van der Waals surface area contributed by atoms with Crippen molar-refractivity contribution >= 4 is 10.0 Å². The molecule has 0 radical (unpaired) electrons. The average Bonchev–Trinajstić information content (AvgIpc) is 2.47. The van der Waals surface area contributed by atoms with Crippen LogP contribution in [-0.4, -0.2) is 32.4 Å². The number of nitrogens with zero attached hydrogens (tertiary/aromatic N) is 1. The first-order valence-corrected chi connectivity index (χ1v) is 8.80. The van der Waals surface area contributed by atoms with E-state index in [1.807, 2.05) is 26.0 Å². The van der Waals surface area contributed by atoms with Crippen LogP contribution in [0, 0.1) is 6.92 Å². The molecule has 1 aromatic rings. The third-order valence-electron chi connectivity index (χ3n) is 3.84. The summed E-state index contributed by atoms with van der Waals surface area (Å²) < 4.78 is 26.9. The second-order valence-corrected chi connectivity index (χ2v) is 7.27. The van der Waals surface area contributed by atoms with E-state index in [1.54, 1.807) is 10.4 Å². The standard InChI is InChI=1S/C15H24N2O2S/c1-3-16-12-14-11-15(8-7-13(14)2)20(18,19)17-9-5-4-6-10-17/h7-8,11,16H,3-6,9-10,12H2,1-2H3. The molecule has 1 saturated heterocycles. The lowest BCUT2D eigenvalue weighted by molar-refractivity contribution is 0.346. The highest BCUT2D eigenvalue weighted by Crippen LogP contribution is 2.22. The lowest BCUT2D eigenvalue weighted by atomic mass is 10.1. The van der Waals surface area contributed by atoms with Gasteiger partial charge in [-0.05, 0) is 49.6 Å². The minimum absolute atomic E-state index is 0.429. The lowest BCUT2D eigenvalue weighted by Crippen LogP contribution is -2.35. The molecule has 0 spiro atoms. The Morgan fingerprint density at radius 2 is 1.90 bits per heavy atom. The van der Waals surface area contributed by atoms with Gasteiger partial charge >= 0.3 is 0 Å². The van der Waals surface area contributed by atoms with Gasteiger partial charge in [-0.15, -0.1) is 0 Å². The van der Waals surface area contributed by atoms with Crippen LogP contribution in [0.2, 0.25) is 0 Å². The number of sulfonamides is 1. The quantitative estimate of drug-likeness (QED) is 0.907. The van der Waals surface area contributed by atoms with Crippen LogP contribution >= 0.6 is 0 Å². The fourth-order valence-corrected chi connectivity index (χ4v) is 4.08. The minimum atomic E-state index is -3.32. The maximum Gasteiger partial charge on any atom is 0.243 e. The van der Waals surface area contributed by atoms with Gasteiger partial charge in [0.1, 0.15) is 0 Å². The summed E-state index contributed by atoms with van der Waals surface area (Å²) in [6.07, 6.45) is 3.07. The molecule has 0 aliphatic carbocycles. The summed E-state index contributed by atoms with van der Waals surface area (Å²) in [5.74, 6) is 0. The van der Waals surface area contributed by atoms with Gasteiger partial charge in [0.15, 0.2) is 0 Å². The van der Waals surface area contributed by atoms with E-state index in [0.29, 0.717) is 24.5 Å². The van der Waals surface area contributed by atoms with Gasteiger partial charge in [-0.25, -0.2) is 8.42 Å². The Hall–Kier alpha value is -0.910. The molecular weight excluding hydrogens is 272 g/mol. The van der Waals surface area contributed by atoms with Gasteiger partial charge in [0.25, 0.3) is 0 Å². The average molecular weight is 296 g/mol. The van der Waals surface area contributed by atoms with Gasteiger partial charge < -0.3 is 5.32 Å². The molecule has 1 aliphatic heterocycles. The van der Waals surface area contributed by atoms with E-state index < -0.39 is 10.0 Å². The predicted molar refractivity (Wildman–Crippen MR) is 81.2 cm³/mol. The van der Waals surface area contributed by atoms with Crippen molar-refractivity contribution in [2.75, 3.05) is 19.6 Å². The molecule has 2 rings (SSSR count). The molecule has 0 unspecified atom stereocenters. The first-order valence-electron chi connectivity index (χ1n) is 7.36. The van der Waals surface area contributed by atoms with Crippen molar-refractivity contribution in [3.8, 4) is 0 Å². The van der Waals surface area contributed by atoms with E-state index in [1.165, 1.54) is 0 Å². The van der Waals surface area contributed by atoms with Crippen LogP contribution in [0.1, 0.15) is 37.3 Å². The summed E-state index contributed by atoms with van der Waals surface area (Å²) in [7, 11) is -3.32. The molecular formula is C15H24N2O2S. The minimum Gasteiger partial charge on any atom is -0.313 e. The van der Waals surface area contributed by atoms with Gasteiger partial charge in [-0.2, -0.15) is 4.31 Å². The van der Waals surface area contributed by atoms with Crippen molar-refractivity contribution in [3.05, 3.63) is 29.3 Å². The van der Waals surface area contributed by atoms with Gasteiger partial charge in [0.05, 0.1) is 4.90 Å². The monoisotopic (exact) mass is 296 g/mol. The van der Waals surface area contributed by atoms with Gasteiger partial charge in [-0.1, -0.05) is 19.4 Å². The Balaban J connectivity index is 2.26. The maximum absolute atomic E-state index is 12.6. The van der Waals surface area contributed by atoms with Crippen LogP contribution in [0.3, 0.4) is 0 Å². The van der Waals surface area contributed by atoms with Gasteiger partial charge in [0.2, 0.25) is 10.0 Å². The van der Waals surface area contributed by atoms with Crippen molar-refractivity contribution in [2.45, 2.75) is 44.6 Å². The molecule has 0 amide bonds. The summed E-state index contributed by atoms with van der Waals surface area (Å²) in [4.78, 5) is 0.429. The molecule has 1 N–H and O–H groups in total. The van der Waals surface area contributed by atoms with Crippen LogP contribution in [0.5, 0.6) is 0 Å². The number of nitrogens with one attached hydrogen (secondary N) is 1. The largest absolute Gasteiger partial charge is 0.313 e. The Kier molecular flexibility index (Phi) is 5.18. The Labute approximate surface area is 122 Å². The van der Waals surface area contributed by atoms with Crippen LogP contribution in [0.15, 0.2) is 23.1 Å². The zero-order chi connectivity index (χ0) is 14.6. The third kappa shape index (κ3) is 3.40. The van der Waals surface area contributed by atoms with E-state index in [4.69, 9.17) is 0 Å². The molecule has 1 aromatic carbocycles. The molecule has 20 heavy (non-hydrogen) atoms. The molecule has 1 heterocycles. The van der Waals surface area contributed by atoms with Crippen molar-refractivity contribution in [1.29, 1.82) is 0 Å². The normalized spacial score (nSPS) is 17.3. The van der Waals surface area contributed by atoms with Gasteiger partial charge in [-0.3, -0.25) is 0 Å². The van der Waals surface area contributed by atoms with Crippen molar-refractivity contribution in [2.24, 2.45) is 0 Å². The van der Waals surface area contributed by atoms with Crippen molar-refractivity contribution in [1.82, 2.24) is 9.62 Å². The van der Waals surface area contributed by atoms with E-state index in [0.717, 1.165) is 36.9 Å². The van der Waals surface area contributed by atoms with E-state index >= 15 is 0 Å². The summed E-state index contributed by atoms with van der Waals surface area (Å²) in [6, 6.07) is 5.46. The molecule has 1 aliphatic rings. The smallest absolute Gasteiger partial charge is 0.243 e. The number of hydrogen-bond acceptors (Lipinski definition) is 3. The van der Waals surface area contributed by atoms with E-state index in [2.05, 4.69) is 5.32 Å². The zero-order valence-electron chi connectivity index (χ0n) is 12.4. The second kappa shape index (κ2) is 6.70. The third-order valence-corrected chi connectivity index (χ3v) is 5.73. The van der Waals surface area contributed by atoms with Crippen molar-refractivity contribution in [3.63, 3.8) is 0 Å². The molecule has 1 fully saturated rings. The van der Waals surface area contributed by atoms with E-state index in [9.17, 15) is 8.42 Å². The Bertz CT molecular complexity index is 549. The van der Waals surface area contributed by atoms with Gasteiger partial charge in [0, 0.05) is 19.6 Å². The number of aryl methyl sites for hydroxylation is 1. The summed E-state index contributed by atoms with van der Waals surface area (Å²) in [5.41, 5.74) is 2.19. The summed E-state index contributed by atoms with van der Waals surface area (Å²) in [6.45, 7) is 6.96. The lowest BCUT2D eigenvalue weighted by Gasteiger charge is -2.26. The van der Waals surface area contributed by atoms with Crippen LogP contribution < -0.4 is 5.32 Å². The number of piperidine rings is 1. The molecule has 0 bridgehead atoms. The van der Waals surface area contributed by atoms with Crippen LogP contribution in [-0.2, 0) is 16.6 Å². The molecule has 4 nitrogen and oxygen atoms in total. The van der Waals surface area contributed by atoms with E-state index in [-0.39, 0.29) is 0 Å². The van der Waals surface area contributed by atoms with Crippen molar-refractivity contribution < 1.29 is 8.42 Å². The SMILES string of the molecule is CCNCc1cc(S(=O)(=O)N2CCCCC2)ccc1C. The Morgan fingerprint density at radius 1 is 1.20 bits per heavy atom. The first-order chi connectivity index (χ1) is 9.55. The molecule has 0 saturated carbocycles. The van der Waals surface area contributed by atoms with Crippen LogP contribution in [0.4, 0.5) is 0 Å². The number of rotatable bonds is 5. The summed E-state index contributed by atoms with van der Waals surface area (Å²) in [5, 5.41) is 3.26. The highest BCUT2D eigenvalue weighted by atomic mass is 32.2. The second-order valence-electron chi connectivity index (χ2n) is 5.33. The topological polar surface area (TPSA) is 49.4 Å². The highest BCUT2D eigenvalue weighted by Gasteiger charge is 2.26. The number of hydrogen-bond donors (Lipinski definition) is 1. The fourth-order valence-electron chi connectivity index (χ4n) is 2.51. The summed E-state index contributed by atoms with van der Waals surface area (Å²) >= 11 is 0. The number of benzene rings is 1. The first kappa shape index (κ1) is 15.5. The predicted octanol–water partition coefficient (Wildman–Crippen LogP) is 2.28. The fraction of sp³-hybridized carbons (Fsp3) is 0.600. The maximum atomic E-state index is 12.6. The molecule has 112 valence electrons. The molecule has 0 atom stereocenters. The molecule has 5 heteroatoms. The Morgan fingerprint density at radius 3 is 2.55 bits per heavy atom. The highest BCUT2D eigenvalue weighted by molar-refractivity contribution is 7.89.